The second-order valence-corrected chi connectivity index (χ2v) is 6.72. The molecule has 138 valence electrons. The Morgan fingerprint density at radius 3 is 2.96 bits per heavy atom. The lowest BCUT2D eigenvalue weighted by Crippen LogP contribution is -2.36. The van der Waals surface area contributed by atoms with Crippen molar-refractivity contribution in [3.63, 3.8) is 0 Å². The van der Waals surface area contributed by atoms with Crippen molar-refractivity contribution in [2.24, 2.45) is 0 Å². The highest BCUT2D eigenvalue weighted by Gasteiger charge is 2.27. The third-order valence-corrected chi connectivity index (χ3v) is 4.88. The van der Waals surface area contributed by atoms with E-state index >= 15 is 0 Å². The number of hydrogen-bond acceptors (Lipinski definition) is 4. The van der Waals surface area contributed by atoms with Gasteiger partial charge in [-0.05, 0) is 42.9 Å². The lowest BCUT2D eigenvalue weighted by molar-refractivity contribution is -0.135. The van der Waals surface area contributed by atoms with Crippen molar-refractivity contribution in [2.75, 3.05) is 13.7 Å². The summed E-state index contributed by atoms with van der Waals surface area (Å²) in [5.74, 6) is -0.779. The summed E-state index contributed by atoms with van der Waals surface area (Å²) < 4.78 is 5.17. The number of ether oxygens (including phenoxy) is 1. The van der Waals surface area contributed by atoms with Gasteiger partial charge < -0.3 is 9.64 Å². The van der Waals surface area contributed by atoms with E-state index in [0.717, 1.165) is 37.8 Å². The van der Waals surface area contributed by atoms with Crippen molar-refractivity contribution < 1.29 is 14.3 Å². The van der Waals surface area contributed by atoms with Gasteiger partial charge in [0.1, 0.15) is 0 Å². The van der Waals surface area contributed by atoms with Gasteiger partial charge in [0.15, 0.2) is 12.3 Å². The van der Waals surface area contributed by atoms with E-state index in [1.165, 1.54) is 11.1 Å². The number of H-pyrrole nitrogens is 1. The van der Waals surface area contributed by atoms with Crippen LogP contribution in [0.25, 0.3) is 0 Å². The number of likely N-dealkylation sites (N-methyl/N-ethyl adjacent to an activating group) is 1. The van der Waals surface area contributed by atoms with Gasteiger partial charge in [-0.2, -0.15) is 5.10 Å². The van der Waals surface area contributed by atoms with Gasteiger partial charge in [0, 0.05) is 12.7 Å². The number of amides is 1. The minimum absolute atomic E-state index is 0.0349. The molecular weight excluding hydrogens is 330 g/mol. The zero-order valence-electron chi connectivity index (χ0n) is 15.3. The molecule has 0 spiro atoms. The molecule has 0 radical (unpaired) electrons. The van der Waals surface area contributed by atoms with Crippen molar-refractivity contribution in [1.29, 1.82) is 0 Å². The molecule has 1 unspecified atom stereocenters. The first-order chi connectivity index (χ1) is 12.6. The van der Waals surface area contributed by atoms with Crippen LogP contribution in [0.3, 0.4) is 0 Å². The van der Waals surface area contributed by atoms with E-state index in [1.807, 2.05) is 12.1 Å². The van der Waals surface area contributed by atoms with E-state index in [1.54, 1.807) is 18.0 Å². The summed E-state index contributed by atoms with van der Waals surface area (Å²) in [6.45, 7) is 1.78. The van der Waals surface area contributed by atoms with E-state index in [4.69, 9.17) is 4.74 Å². The Balaban J connectivity index is 1.59. The fourth-order valence-corrected chi connectivity index (χ4v) is 3.47. The van der Waals surface area contributed by atoms with Gasteiger partial charge in [-0.3, -0.25) is 9.89 Å². The van der Waals surface area contributed by atoms with Gasteiger partial charge in [0.25, 0.3) is 5.91 Å². The highest BCUT2D eigenvalue weighted by molar-refractivity contribution is 5.89. The second-order valence-electron chi connectivity index (χ2n) is 6.72. The maximum absolute atomic E-state index is 12.5. The SMILES string of the molecule is CCCc1cc(C(=O)OCC(=O)N(C)C2CCCc3ccccc32)n[nH]1. The smallest absolute Gasteiger partial charge is 0.359 e. The van der Waals surface area contributed by atoms with Crippen LogP contribution in [0.4, 0.5) is 0 Å². The first-order valence-electron chi connectivity index (χ1n) is 9.15. The molecule has 0 aliphatic heterocycles. The molecule has 1 aliphatic rings. The number of fused-ring (bicyclic) bond motifs is 1. The molecule has 0 saturated heterocycles. The van der Waals surface area contributed by atoms with Gasteiger partial charge in [-0.15, -0.1) is 0 Å². The number of benzene rings is 1. The lowest BCUT2D eigenvalue weighted by atomic mass is 9.87. The molecule has 0 bridgehead atoms. The van der Waals surface area contributed by atoms with E-state index < -0.39 is 5.97 Å². The first kappa shape index (κ1) is 18.2. The van der Waals surface area contributed by atoms with Gasteiger partial charge in [0.2, 0.25) is 0 Å². The molecule has 26 heavy (non-hydrogen) atoms. The van der Waals surface area contributed by atoms with Crippen molar-refractivity contribution >= 4 is 11.9 Å². The van der Waals surface area contributed by atoms with Crippen LogP contribution in [0.5, 0.6) is 0 Å². The van der Waals surface area contributed by atoms with Crippen molar-refractivity contribution in [2.45, 2.75) is 45.1 Å². The fraction of sp³-hybridized carbons (Fsp3) is 0.450. The number of aryl methyl sites for hydroxylation is 2. The normalized spacial score (nSPS) is 16.0. The first-order valence-corrected chi connectivity index (χ1v) is 9.15. The third kappa shape index (κ3) is 3.95. The summed E-state index contributed by atoms with van der Waals surface area (Å²) in [6.07, 6.45) is 4.80. The molecule has 3 rings (SSSR count). The largest absolute Gasteiger partial charge is 0.451 e. The number of aromatic nitrogens is 2. The maximum Gasteiger partial charge on any atom is 0.359 e. The molecule has 6 nitrogen and oxygen atoms in total. The van der Waals surface area contributed by atoms with Gasteiger partial charge in [-0.1, -0.05) is 37.6 Å². The van der Waals surface area contributed by atoms with Crippen LogP contribution >= 0.6 is 0 Å². The standard InChI is InChI=1S/C20H25N3O3/c1-3-7-15-12-17(22-21-15)20(25)26-13-19(24)23(2)18-11-6-9-14-8-4-5-10-16(14)18/h4-5,8,10,12,18H,3,6-7,9,11,13H2,1-2H3,(H,21,22). The van der Waals surface area contributed by atoms with Gasteiger partial charge in [0.05, 0.1) is 6.04 Å². The molecular formula is C20H25N3O3. The Kier molecular flexibility index (Phi) is 5.71. The number of aromatic amines is 1. The molecule has 1 aromatic carbocycles. The Morgan fingerprint density at radius 1 is 1.35 bits per heavy atom. The Labute approximate surface area is 153 Å². The fourth-order valence-electron chi connectivity index (χ4n) is 3.47. The molecule has 1 aromatic heterocycles. The van der Waals surface area contributed by atoms with Crippen LogP contribution in [0.1, 0.15) is 59.5 Å². The minimum Gasteiger partial charge on any atom is -0.451 e. The number of rotatable bonds is 6. The highest BCUT2D eigenvalue weighted by atomic mass is 16.5. The number of hydrogen-bond donors (Lipinski definition) is 1. The number of nitrogens with zero attached hydrogens (tertiary/aromatic N) is 2. The number of carbonyl (C=O) groups excluding carboxylic acids is 2. The number of carbonyl (C=O) groups is 2. The maximum atomic E-state index is 12.5. The summed E-state index contributed by atoms with van der Waals surface area (Å²) in [7, 11) is 1.77. The van der Waals surface area contributed by atoms with Crippen LogP contribution < -0.4 is 0 Å². The van der Waals surface area contributed by atoms with Crippen LogP contribution in [0, 0.1) is 0 Å². The van der Waals surface area contributed by atoms with Crippen molar-refractivity contribution in [1.82, 2.24) is 15.1 Å². The summed E-state index contributed by atoms with van der Waals surface area (Å²) in [4.78, 5) is 26.3. The Hall–Kier alpha value is -2.63. The lowest BCUT2D eigenvalue weighted by Gasteiger charge is -2.33. The van der Waals surface area contributed by atoms with E-state index in [9.17, 15) is 9.59 Å². The molecule has 6 heteroatoms. The van der Waals surface area contributed by atoms with E-state index in [-0.39, 0.29) is 24.2 Å². The quantitative estimate of drug-likeness (QED) is 0.808. The van der Waals surface area contributed by atoms with Crippen LogP contribution in [-0.4, -0.2) is 40.6 Å². The molecule has 1 heterocycles. The molecule has 2 aromatic rings. The average Bonchev–Trinajstić information content (AvgIpc) is 3.14. The van der Waals surface area contributed by atoms with Crippen molar-refractivity contribution in [3.05, 3.63) is 52.8 Å². The summed E-state index contributed by atoms with van der Waals surface area (Å²) in [6, 6.07) is 9.94. The predicted octanol–water partition coefficient (Wildman–Crippen LogP) is 3.06. The van der Waals surface area contributed by atoms with Crippen molar-refractivity contribution in [3.8, 4) is 0 Å². The van der Waals surface area contributed by atoms with E-state index in [2.05, 4.69) is 29.3 Å². The Bertz CT molecular complexity index is 784. The predicted molar refractivity (Wildman–Crippen MR) is 97.8 cm³/mol. The van der Waals surface area contributed by atoms with Crippen LogP contribution in [0.2, 0.25) is 0 Å². The number of nitrogens with one attached hydrogen (secondary N) is 1. The highest BCUT2D eigenvalue weighted by Crippen LogP contribution is 2.33. The zero-order chi connectivity index (χ0) is 18.5. The minimum atomic E-state index is -0.575. The van der Waals surface area contributed by atoms with Gasteiger partial charge >= 0.3 is 5.97 Å². The van der Waals surface area contributed by atoms with E-state index in [0.29, 0.717) is 0 Å². The number of esters is 1. The molecule has 1 aliphatic carbocycles. The molecule has 1 atom stereocenters. The Morgan fingerprint density at radius 2 is 2.15 bits per heavy atom. The second kappa shape index (κ2) is 8.17. The third-order valence-electron chi connectivity index (χ3n) is 4.88. The summed E-state index contributed by atoms with van der Waals surface area (Å²) in [5, 5.41) is 6.77. The van der Waals surface area contributed by atoms with Crippen LogP contribution in [-0.2, 0) is 22.4 Å². The zero-order valence-corrected chi connectivity index (χ0v) is 15.3. The molecule has 0 saturated carbocycles. The topological polar surface area (TPSA) is 75.3 Å². The van der Waals surface area contributed by atoms with Crippen LogP contribution in [0.15, 0.2) is 30.3 Å². The average molecular weight is 355 g/mol. The summed E-state index contributed by atoms with van der Waals surface area (Å²) >= 11 is 0. The molecule has 1 amide bonds. The molecule has 0 fully saturated rings. The summed E-state index contributed by atoms with van der Waals surface area (Å²) in [5.41, 5.74) is 3.59. The molecule has 1 N–H and O–H groups in total. The monoisotopic (exact) mass is 355 g/mol. The van der Waals surface area contributed by atoms with Gasteiger partial charge in [-0.25, -0.2) is 4.79 Å².